The van der Waals surface area contributed by atoms with Gasteiger partial charge >= 0.3 is 5.95 Å². The van der Waals surface area contributed by atoms with Crippen LogP contribution in [0.15, 0.2) is 23.8 Å². The molecule has 1 unspecified atom stereocenters. The topological polar surface area (TPSA) is 105 Å². The molecule has 1 saturated heterocycles. The second-order valence-corrected chi connectivity index (χ2v) is 11.6. The summed E-state index contributed by atoms with van der Waals surface area (Å²) in [5.74, 6) is 2.45. The molecule has 0 spiro atoms. The molecule has 3 fully saturated rings. The second kappa shape index (κ2) is 7.36. The van der Waals surface area contributed by atoms with E-state index in [1.54, 1.807) is 12.5 Å². The van der Waals surface area contributed by atoms with Crippen molar-refractivity contribution in [2.45, 2.75) is 65.7 Å². The van der Waals surface area contributed by atoms with E-state index < -0.39 is 0 Å². The van der Waals surface area contributed by atoms with Gasteiger partial charge in [0.05, 0.1) is 18.4 Å². The molecule has 34 heavy (non-hydrogen) atoms. The average molecular weight is 464 g/mol. The third kappa shape index (κ3) is 2.93. The van der Waals surface area contributed by atoms with Gasteiger partial charge < -0.3 is 9.88 Å². The monoisotopic (exact) mass is 463 g/mol. The van der Waals surface area contributed by atoms with E-state index in [2.05, 4.69) is 46.0 Å². The number of likely N-dealkylation sites (tertiary alicyclic amines) is 1. The number of aromatic amines is 2. The summed E-state index contributed by atoms with van der Waals surface area (Å²) in [4.78, 5) is 42.7. The number of hydrogen-bond donors (Lipinski definition) is 2. The van der Waals surface area contributed by atoms with E-state index in [9.17, 15) is 9.59 Å². The Morgan fingerprint density at radius 1 is 1.24 bits per heavy atom. The number of carbonyl (C=O) groups is 2. The van der Waals surface area contributed by atoms with Crippen molar-refractivity contribution in [2.75, 3.05) is 12.4 Å². The van der Waals surface area contributed by atoms with E-state index in [1.807, 2.05) is 11.9 Å². The van der Waals surface area contributed by atoms with E-state index in [0.717, 1.165) is 44.0 Å². The van der Waals surface area contributed by atoms with Gasteiger partial charge in [-0.2, -0.15) is 0 Å². The lowest BCUT2D eigenvalue weighted by atomic mass is 9.48. The molecule has 6 atom stereocenters. The predicted molar refractivity (Wildman–Crippen MR) is 127 cm³/mol. The summed E-state index contributed by atoms with van der Waals surface area (Å²) < 4.78 is 0. The molecule has 2 saturated carbocycles. The zero-order valence-electron chi connectivity index (χ0n) is 20.6. The number of amides is 2. The minimum Gasteiger partial charge on any atom is -0.340 e. The molecular weight excluding hydrogens is 428 g/mol. The predicted octanol–water partition coefficient (Wildman–Crippen LogP) is 3.71. The smallest absolute Gasteiger partial charge is 0.340 e. The van der Waals surface area contributed by atoms with Crippen LogP contribution in [0.1, 0.15) is 65.7 Å². The Labute approximate surface area is 200 Å². The van der Waals surface area contributed by atoms with E-state index in [4.69, 9.17) is 0 Å². The summed E-state index contributed by atoms with van der Waals surface area (Å²) in [6.45, 7) is 6.99. The Morgan fingerprint density at radius 3 is 2.88 bits per heavy atom. The number of anilines is 1. The van der Waals surface area contributed by atoms with Gasteiger partial charge in [-0.15, -0.1) is 0 Å². The Kier molecular flexibility index (Phi) is 4.71. The number of carbonyl (C=O) groups excluding carboxylic acids is 2. The highest BCUT2D eigenvalue weighted by Crippen LogP contribution is 2.66. The fourth-order valence-corrected chi connectivity index (χ4v) is 8.58. The first-order valence-corrected chi connectivity index (χ1v) is 12.7. The van der Waals surface area contributed by atoms with Crippen LogP contribution in [0.3, 0.4) is 0 Å². The fraction of sp³-hybridized carbons (Fsp3) is 0.654. The van der Waals surface area contributed by atoms with Crippen molar-refractivity contribution in [3.05, 3.63) is 23.8 Å². The van der Waals surface area contributed by atoms with E-state index in [1.165, 1.54) is 11.3 Å². The first-order valence-electron chi connectivity index (χ1n) is 12.7. The minimum atomic E-state index is -0.0161. The van der Waals surface area contributed by atoms with E-state index in [-0.39, 0.29) is 28.6 Å². The maximum absolute atomic E-state index is 13.5. The van der Waals surface area contributed by atoms with Gasteiger partial charge in [0.2, 0.25) is 5.91 Å². The number of fused-ring (bicyclic) bond motifs is 6. The largest absolute Gasteiger partial charge is 0.398 e. The molecule has 3 N–H and O–H groups in total. The van der Waals surface area contributed by atoms with Crippen LogP contribution in [0.5, 0.6) is 0 Å². The van der Waals surface area contributed by atoms with Crippen molar-refractivity contribution in [2.24, 2.45) is 34.5 Å². The number of nitrogens with one attached hydrogen (secondary N) is 3. The van der Waals surface area contributed by atoms with Crippen LogP contribution in [0.25, 0.3) is 11.2 Å². The third-order valence-electron chi connectivity index (χ3n) is 10.1. The number of imidazole rings is 1. The molecular formula is C26H35N6O2+. The lowest BCUT2D eigenvalue weighted by Gasteiger charge is -2.59. The maximum Gasteiger partial charge on any atom is 0.398 e. The van der Waals surface area contributed by atoms with Crippen molar-refractivity contribution < 1.29 is 14.6 Å². The van der Waals surface area contributed by atoms with Gasteiger partial charge in [-0.25, -0.2) is 15.3 Å². The summed E-state index contributed by atoms with van der Waals surface area (Å²) in [5, 5.41) is 3.06. The summed E-state index contributed by atoms with van der Waals surface area (Å²) >= 11 is 0. The lowest BCUT2D eigenvalue weighted by Crippen LogP contribution is -2.55. The number of nitrogens with zero attached hydrogens (tertiary/aromatic N) is 3. The molecule has 2 aromatic rings. The number of piperidine rings is 1. The molecule has 1 aliphatic heterocycles. The normalized spacial score (nSPS) is 37.4. The van der Waals surface area contributed by atoms with Gasteiger partial charge in [-0.1, -0.05) is 19.4 Å². The molecule has 0 bridgehead atoms. The number of rotatable bonds is 2. The first kappa shape index (κ1) is 21.7. The van der Waals surface area contributed by atoms with Crippen LogP contribution in [-0.4, -0.2) is 38.7 Å². The molecule has 180 valence electrons. The van der Waals surface area contributed by atoms with E-state index in [0.29, 0.717) is 35.8 Å². The van der Waals surface area contributed by atoms with Gasteiger partial charge in [0.15, 0.2) is 0 Å². The maximum atomic E-state index is 13.5. The van der Waals surface area contributed by atoms with Crippen LogP contribution < -0.4 is 10.3 Å². The highest BCUT2D eigenvalue weighted by Gasteiger charge is 2.61. The Bertz CT molecular complexity index is 1220. The zero-order valence-corrected chi connectivity index (χ0v) is 20.6. The third-order valence-corrected chi connectivity index (χ3v) is 10.1. The van der Waals surface area contributed by atoms with Crippen molar-refractivity contribution in [1.29, 1.82) is 0 Å². The summed E-state index contributed by atoms with van der Waals surface area (Å²) in [7, 11) is 1.97. The minimum absolute atomic E-state index is 0.00772. The summed E-state index contributed by atoms with van der Waals surface area (Å²) in [5.41, 5.74) is 4.13. The van der Waals surface area contributed by atoms with Crippen LogP contribution in [-0.2, 0) is 9.59 Å². The van der Waals surface area contributed by atoms with Crippen molar-refractivity contribution in [1.82, 2.24) is 19.9 Å². The molecule has 0 radical (unpaired) electrons. The molecule has 3 heterocycles. The number of hydrogen-bond acceptors (Lipinski definition) is 4. The SMILES string of the molecule is CC1=C2N(C)C(=O)CC[C@]2(C)[C@@H]2CC[C@]3(C)C(C(=O)Nc4nc5nc[nH]c5c[nH+]4)CC[C@H]3[C@@H]2C1. The first-order chi connectivity index (χ1) is 16.2. The van der Waals surface area contributed by atoms with E-state index >= 15 is 0 Å². The highest BCUT2D eigenvalue weighted by atomic mass is 16.2. The van der Waals surface area contributed by atoms with Crippen LogP contribution in [0, 0.1) is 34.5 Å². The van der Waals surface area contributed by atoms with Gasteiger partial charge in [-0.05, 0) is 73.6 Å². The van der Waals surface area contributed by atoms with Gasteiger partial charge in [0, 0.05) is 24.6 Å². The second-order valence-electron chi connectivity index (χ2n) is 11.6. The van der Waals surface area contributed by atoms with Gasteiger partial charge in [0.25, 0.3) is 11.6 Å². The Hall–Kier alpha value is -2.77. The standard InChI is InChI=1S/C26H34N6O2/c1-14-11-15-16-5-6-18(23(34)31-24-27-12-19-22(30-24)29-13-28-19)25(16,2)9-7-17(15)26(3)10-8-20(33)32(4)21(14)26/h12-13,15-18H,5-11H2,1-4H3,(H2,27,28,29,30,31,34)/p+1/t15-,16-,17+,18?,25-,26+/m0/s1. The van der Waals surface area contributed by atoms with Crippen molar-refractivity contribution >= 4 is 28.9 Å². The molecule has 2 amide bonds. The molecule has 4 aliphatic rings. The molecule has 8 heteroatoms. The van der Waals surface area contributed by atoms with Crippen LogP contribution >= 0.6 is 0 Å². The number of allylic oxidation sites excluding steroid dienone is 2. The number of H-pyrrole nitrogens is 2. The van der Waals surface area contributed by atoms with Gasteiger partial charge in [-0.3, -0.25) is 9.59 Å². The van der Waals surface area contributed by atoms with Crippen molar-refractivity contribution in [3.8, 4) is 0 Å². The molecule has 8 nitrogen and oxygen atoms in total. The van der Waals surface area contributed by atoms with Crippen LogP contribution in [0.4, 0.5) is 5.95 Å². The summed E-state index contributed by atoms with van der Waals surface area (Å²) in [6.07, 6.45) is 10.2. The Balaban J connectivity index is 1.26. The summed E-state index contributed by atoms with van der Waals surface area (Å²) in [6, 6.07) is 0. The van der Waals surface area contributed by atoms with Gasteiger partial charge in [0.1, 0.15) is 5.52 Å². The molecule has 2 aromatic heterocycles. The zero-order chi connectivity index (χ0) is 23.8. The fourth-order valence-electron chi connectivity index (χ4n) is 8.58. The quantitative estimate of drug-likeness (QED) is 0.708. The highest BCUT2D eigenvalue weighted by molar-refractivity contribution is 5.91. The molecule has 6 rings (SSSR count). The Morgan fingerprint density at radius 2 is 2.06 bits per heavy atom. The molecule has 3 aliphatic carbocycles. The molecule has 0 aromatic carbocycles. The average Bonchev–Trinajstić information content (AvgIpc) is 3.40. The van der Waals surface area contributed by atoms with Crippen LogP contribution in [0.2, 0.25) is 0 Å². The van der Waals surface area contributed by atoms with Crippen molar-refractivity contribution in [3.63, 3.8) is 0 Å². The number of aromatic nitrogens is 4. The lowest BCUT2D eigenvalue weighted by molar-refractivity contribution is -0.362.